The first-order chi connectivity index (χ1) is 9.13. The molecule has 0 saturated heterocycles. The first kappa shape index (κ1) is 13.7. The first-order valence-electron chi connectivity index (χ1n) is 6.98. The van der Waals surface area contributed by atoms with Crippen LogP contribution >= 0.6 is 0 Å². The highest BCUT2D eigenvalue weighted by Crippen LogP contribution is 2.27. The van der Waals surface area contributed by atoms with Gasteiger partial charge in [0.15, 0.2) is 0 Å². The zero-order chi connectivity index (χ0) is 13.8. The maximum atomic E-state index is 10.1. The van der Waals surface area contributed by atoms with Crippen molar-refractivity contribution in [1.29, 1.82) is 0 Å². The normalized spacial score (nSPS) is 11.2. The number of benzene rings is 1. The summed E-state index contributed by atoms with van der Waals surface area (Å²) in [6, 6.07) is 10.0. The third-order valence-corrected chi connectivity index (χ3v) is 3.17. The lowest BCUT2D eigenvalue weighted by Crippen LogP contribution is -2.07. The molecule has 0 radical (unpaired) electrons. The van der Waals surface area contributed by atoms with Gasteiger partial charge in [-0.1, -0.05) is 45.4 Å². The van der Waals surface area contributed by atoms with E-state index >= 15 is 0 Å². The van der Waals surface area contributed by atoms with Crippen LogP contribution in [0.4, 0.5) is 0 Å². The molecule has 1 aromatic heterocycles. The zero-order valence-electron chi connectivity index (χ0n) is 11.9. The second-order valence-electron chi connectivity index (χ2n) is 5.34. The van der Waals surface area contributed by atoms with E-state index in [2.05, 4.69) is 25.9 Å². The third-order valence-electron chi connectivity index (χ3n) is 3.17. The maximum Gasteiger partial charge on any atom is 0.234 e. The molecule has 0 atom stereocenters. The van der Waals surface area contributed by atoms with E-state index in [1.165, 1.54) is 0 Å². The molecular formula is C16H22N2O. The molecule has 1 N–H and O–H groups in total. The van der Waals surface area contributed by atoms with E-state index in [-0.39, 0.29) is 5.88 Å². The monoisotopic (exact) mass is 258 g/mol. The van der Waals surface area contributed by atoms with Gasteiger partial charge in [-0.3, -0.25) is 0 Å². The predicted octanol–water partition coefficient (Wildman–Crippen LogP) is 3.73. The fourth-order valence-electron chi connectivity index (χ4n) is 2.36. The van der Waals surface area contributed by atoms with E-state index < -0.39 is 0 Å². The molecule has 3 nitrogen and oxygen atoms in total. The van der Waals surface area contributed by atoms with Crippen molar-refractivity contribution in [2.75, 3.05) is 0 Å². The molecule has 2 rings (SSSR count). The van der Waals surface area contributed by atoms with Gasteiger partial charge in [-0.15, -0.1) is 5.10 Å². The van der Waals surface area contributed by atoms with Crippen LogP contribution in [0.5, 0.6) is 5.88 Å². The fourth-order valence-corrected chi connectivity index (χ4v) is 2.36. The summed E-state index contributed by atoms with van der Waals surface area (Å²) < 4.78 is 1.89. The predicted molar refractivity (Wildman–Crippen MR) is 77.8 cm³/mol. The van der Waals surface area contributed by atoms with Gasteiger partial charge >= 0.3 is 0 Å². The quantitative estimate of drug-likeness (QED) is 0.887. The minimum Gasteiger partial charge on any atom is -0.492 e. The minimum absolute atomic E-state index is 0.182. The van der Waals surface area contributed by atoms with Crippen LogP contribution in [0.25, 0.3) is 5.69 Å². The Morgan fingerprint density at radius 3 is 2.47 bits per heavy atom. The Morgan fingerprint density at radius 2 is 1.89 bits per heavy atom. The summed E-state index contributed by atoms with van der Waals surface area (Å²) in [6.07, 6.45) is 2.82. The molecule has 0 saturated carbocycles. The van der Waals surface area contributed by atoms with Gasteiger partial charge in [0.1, 0.15) is 0 Å². The Labute approximate surface area is 114 Å². The minimum atomic E-state index is 0.182. The van der Waals surface area contributed by atoms with Crippen LogP contribution in [0.3, 0.4) is 0 Å². The number of rotatable bonds is 5. The molecule has 0 aliphatic heterocycles. The Kier molecular flexibility index (Phi) is 4.25. The summed E-state index contributed by atoms with van der Waals surface area (Å²) in [6.45, 7) is 6.50. The topological polar surface area (TPSA) is 38.1 Å². The Morgan fingerprint density at radius 1 is 1.21 bits per heavy atom. The molecule has 0 bridgehead atoms. The van der Waals surface area contributed by atoms with Crippen molar-refractivity contribution in [3.63, 3.8) is 0 Å². The van der Waals surface area contributed by atoms with Crippen LogP contribution in [0.2, 0.25) is 0 Å². The van der Waals surface area contributed by atoms with Crippen molar-refractivity contribution in [3.05, 3.63) is 41.6 Å². The van der Waals surface area contributed by atoms with Crippen LogP contribution in [0, 0.1) is 5.92 Å². The van der Waals surface area contributed by atoms with Gasteiger partial charge in [-0.05, 0) is 30.9 Å². The summed E-state index contributed by atoms with van der Waals surface area (Å²) in [4.78, 5) is 0. The smallest absolute Gasteiger partial charge is 0.234 e. The van der Waals surface area contributed by atoms with Crippen molar-refractivity contribution in [2.24, 2.45) is 5.92 Å². The van der Waals surface area contributed by atoms with E-state index in [0.717, 1.165) is 36.2 Å². The lowest BCUT2D eigenvalue weighted by atomic mass is 10.0. The van der Waals surface area contributed by atoms with Crippen molar-refractivity contribution >= 4 is 0 Å². The molecule has 3 heteroatoms. The average Bonchev–Trinajstić information content (AvgIpc) is 2.68. The van der Waals surface area contributed by atoms with Crippen LogP contribution in [-0.2, 0) is 12.8 Å². The standard InChI is InChI=1S/C16H22N2O/c1-4-8-14-15(11-12(2)3)18(17-16(14)19)13-9-6-5-7-10-13/h5-7,9-10,12H,4,8,11H2,1-3H3,(H,17,19). The number of aromatic hydroxyl groups is 1. The largest absolute Gasteiger partial charge is 0.492 e. The SMILES string of the molecule is CCCc1c(O)nn(-c2ccccc2)c1CC(C)C. The van der Waals surface area contributed by atoms with Crippen LogP contribution in [0.15, 0.2) is 30.3 Å². The number of hydrogen-bond acceptors (Lipinski definition) is 2. The second-order valence-corrected chi connectivity index (χ2v) is 5.34. The molecule has 0 aliphatic carbocycles. The highest BCUT2D eigenvalue weighted by atomic mass is 16.3. The van der Waals surface area contributed by atoms with Gasteiger partial charge < -0.3 is 5.11 Å². The fraction of sp³-hybridized carbons (Fsp3) is 0.438. The van der Waals surface area contributed by atoms with Crippen LogP contribution in [-0.4, -0.2) is 14.9 Å². The van der Waals surface area contributed by atoms with E-state index in [0.29, 0.717) is 5.92 Å². The molecule has 2 aromatic rings. The molecule has 0 aliphatic rings. The number of aromatic nitrogens is 2. The summed E-state index contributed by atoms with van der Waals surface area (Å²) >= 11 is 0. The van der Waals surface area contributed by atoms with Crippen molar-refractivity contribution < 1.29 is 5.11 Å². The van der Waals surface area contributed by atoms with Gasteiger partial charge in [-0.2, -0.15) is 0 Å². The van der Waals surface area contributed by atoms with Crippen molar-refractivity contribution in [2.45, 2.75) is 40.0 Å². The van der Waals surface area contributed by atoms with Crippen molar-refractivity contribution in [3.8, 4) is 11.6 Å². The number of hydrogen-bond donors (Lipinski definition) is 1. The Bertz CT molecular complexity index is 529. The molecule has 0 amide bonds. The second kappa shape index (κ2) is 5.91. The van der Waals surface area contributed by atoms with E-state index in [1.807, 2.05) is 35.0 Å². The molecule has 102 valence electrons. The molecule has 1 heterocycles. The van der Waals surface area contributed by atoms with Crippen molar-refractivity contribution in [1.82, 2.24) is 9.78 Å². The Hall–Kier alpha value is -1.77. The van der Waals surface area contributed by atoms with Gasteiger partial charge in [0.2, 0.25) is 5.88 Å². The summed E-state index contributed by atoms with van der Waals surface area (Å²) in [5.41, 5.74) is 3.15. The zero-order valence-corrected chi connectivity index (χ0v) is 11.9. The summed E-state index contributed by atoms with van der Waals surface area (Å²) in [5, 5.41) is 14.4. The molecule has 0 fully saturated rings. The summed E-state index contributed by atoms with van der Waals surface area (Å²) in [5.74, 6) is 0.718. The summed E-state index contributed by atoms with van der Waals surface area (Å²) in [7, 11) is 0. The molecule has 19 heavy (non-hydrogen) atoms. The average molecular weight is 258 g/mol. The number of para-hydroxylation sites is 1. The molecule has 0 unspecified atom stereocenters. The van der Waals surface area contributed by atoms with E-state index in [1.54, 1.807) is 0 Å². The molecule has 1 aromatic carbocycles. The van der Waals surface area contributed by atoms with Crippen LogP contribution < -0.4 is 0 Å². The van der Waals surface area contributed by atoms with E-state index in [9.17, 15) is 5.11 Å². The number of nitrogens with zero attached hydrogens (tertiary/aromatic N) is 2. The molecule has 0 spiro atoms. The molecular weight excluding hydrogens is 236 g/mol. The van der Waals surface area contributed by atoms with E-state index in [4.69, 9.17) is 0 Å². The Balaban J connectivity index is 2.51. The highest BCUT2D eigenvalue weighted by molar-refractivity contribution is 5.40. The first-order valence-corrected chi connectivity index (χ1v) is 6.98. The lowest BCUT2D eigenvalue weighted by Gasteiger charge is -2.11. The van der Waals surface area contributed by atoms with Gasteiger partial charge in [0.05, 0.1) is 11.4 Å². The van der Waals surface area contributed by atoms with Gasteiger partial charge in [-0.25, -0.2) is 4.68 Å². The van der Waals surface area contributed by atoms with Crippen LogP contribution in [0.1, 0.15) is 38.4 Å². The lowest BCUT2D eigenvalue weighted by molar-refractivity contribution is 0.442. The highest BCUT2D eigenvalue weighted by Gasteiger charge is 2.18. The maximum absolute atomic E-state index is 10.1. The third kappa shape index (κ3) is 2.98. The van der Waals surface area contributed by atoms with Gasteiger partial charge in [0.25, 0.3) is 0 Å². The van der Waals surface area contributed by atoms with Gasteiger partial charge in [0, 0.05) is 5.56 Å².